The van der Waals surface area contributed by atoms with Crippen LogP contribution in [0, 0.1) is 5.41 Å². The highest BCUT2D eigenvalue weighted by atomic mass is 79.9. The first-order chi connectivity index (χ1) is 5.92. The van der Waals surface area contributed by atoms with Crippen molar-refractivity contribution in [1.82, 2.24) is 0 Å². The molecule has 0 unspecified atom stereocenters. The lowest BCUT2D eigenvalue weighted by molar-refractivity contribution is -0.146. The molecule has 2 nitrogen and oxygen atoms in total. The fourth-order valence-corrected chi connectivity index (χ4v) is 2.67. The molecule has 0 spiro atoms. The number of aliphatic carboxylic acids is 1. The number of carboxylic acid groups (broad SMARTS) is 1. The topological polar surface area (TPSA) is 37.3 Å². The van der Waals surface area contributed by atoms with E-state index in [4.69, 9.17) is 5.11 Å². The first-order valence-corrected chi connectivity index (χ1v) is 5.50. The largest absolute Gasteiger partial charge is 0.481 e. The Morgan fingerprint density at radius 3 is 2.62 bits per heavy atom. The lowest BCUT2D eigenvalue weighted by atomic mass is 9.89. The Balaban J connectivity index is 2.74. The summed E-state index contributed by atoms with van der Waals surface area (Å²) < 4.78 is 1.05. The number of thiophene rings is 1. The minimum atomic E-state index is -0.753. The molecule has 0 aliphatic carbocycles. The molecule has 0 fully saturated rings. The zero-order chi connectivity index (χ0) is 10.1. The molecule has 0 radical (unpaired) electrons. The zero-order valence-electron chi connectivity index (χ0n) is 7.50. The molecular weight excluding hydrogens is 252 g/mol. The minimum absolute atomic E-state index is 0.582. The van der Waals surface area contributed by atoms with Gasteiger partial charge >= 0.3 is 5.97 Å². The van der Waals surface area contributed by atoms with E-state index in [-0.39, 0.29) is 0 Å². The van der Waals surface area contributed by atoms with Crippen molar-refractivity contribution >= 4 is 33.2 Å². The first-order valence-electron chi connectivity index (χ1n) is 3.89. The third-order valence-electron chi connectivity index (χ3n) is 1.82. The van der Waals surface area contributed by atoms with Crippen molar-refractivity contribution in [1.29, 1.82) is 0 Å². The summed E-state index contributed by atoms with van der Waals surface area (Å²) >= 11 is 4.93. The lowest BCUT2D eigenvalue weighted by Gasteiger charge is -2.17. The first kappa shape index (κ1) is 10.7. The second-order valence-corrected chi connectivity index (χ2v) is 6.12. The Morgan fingerprint density at radius 1 is 1.62 bits per heavy atom. The van der Waals surface area contributed by atoms with Crippen LogP contribution in [0.1, 0.15) is 18.7 Å². The molecule has 1 aromatic heterocycles. The highest BCUT2D eigenvalue weighted by molar-refractivity contribution is 9.11. The van der Waals surface area contributed by atoms with Crippen LogP contribution in [0.25, 0.3) is 0 Å². The Hall–Kier alpha value is -0.350. The third-order valence-corrected chi connectivity index (χ3v) is 3.45. The van der Waals surface area contributed by atoms with Crippen molar-refractivity contribution in [2.75, 3.05) is 0 Å². The maximum absolute atomic E-state index is 10.8. The predicted octanol–water partition coefficient (Wildman–Crippen LogP) is 3.16. The molecule has 0 bridgehead atoms. The summed E-state index contributed by atoms with van der Waals surface area (Å²) in [6, 6.07) is 3.90. The monoisotopic (exact) mass is 262 g/mol. The summed E-state index contributed by atoms with van der Waals surface area (Å²) in [4.78, 5) is 11.9. The highest BCUT2D eigenvalue weighted by Gasteiger charge is 2.27. The van der Waals surface area contributed by atoms with Crippen molar-refractivity contribution in [2.45, 2.75) is 20.3 Å². The van der Waals surface area contributed by atoms with Gasteiger partial charge in [0.25, 0.3) is 0 Å². The van der Waals surface area contributed by atoms with E-state index in [0.29, 0.717) is 6.42 Å². The van der Waals surface area contributed by atoms with Crippen LogP contribution in [0.5, 0.6) is 0 Å². The van der Waals surface area contributed by atoms with E-state index in [1.807, 2.05) is 12.1 Å². The number of carboxylic acids is 1. The molecule has 0 atom stereocenters. The van der Waals surface area contributed by atoms with Crippen LogP contribution in [0.3, 0.4) is 0 Å². The van der Waals surface area contributed by atoms with Crippen LogP contribution >= 0.6 is 27.3 Å². The fourth-order valence-electron chi connectivity index (χ4n) is 0.958. The van der Waals surface area contributed by atoms with Gasteiger partial charge in [0.05, 0.1) is 9.20 Å². The Labute approximate surface area is 89.7 Å². The smallest absolute Gasteiger partial charge is 0.309 e. The maximum atomic E-state index is 10.8. The third kappa shape index (κ3) is 2.81. The van der Waals surface area contributed by atoms with E-state index < -0.39 is 11.4 Å². The normalized spacial score (nSPS) is 11.6. The van der Waals surface area contributed by atoms with Gasteiger partial charge in [-0.05, 0) is 48.3 Å². The van der Waals surface area contributed by atoms with Gasteiger partial charge in [0.2, 0.25) is 0 Å². The summed E-state index contributed by atoms with van der Waals surface area (Å²) in [6.07, 6.45) is 0.582. The molecule has 0 saturated carbocycles. The van der Waals surface area contributed by atoms with E-state index in [1.54, 1.807) is 25.2 Å². The van der Waals surface area contributed by atoms with Gasteiger partial charge in [0.1, 0.15) is 0 Å². The highest BCUT2D eigenvalue weighted by Crippen LogP contribution is 2.29. The van der Waals surface area contributed by atoms with E-state index in [1.165, 1.54) is 0 Å². The second-order valence-electron chi connectivity index (χ2n) is 3.57. The summed E-state index contributed by atoms with van der Waals surface area (Å²) in [5.41, 5.74) is -0.676. The van der Waals surface area contributed by atoms with Crippen molar-refractivity contribution in [2.24, 2.45) is 5.41 Å². The van der Waals surface area contributed by atoms with Crippen molar-refractivity contribution in [3.8, 4) is 0 Å². The molecule has 13 heavy (non-hydrogen) atoms. The van der Waals surface area contributed by atoms with Crippen LogP contribution in [0.15, 0.2) is 15.9 Å². The van der Waals surface area contributed by atoms with Crippen LogP contribution in [-0.2, 0) is 11.2 Å². The van der Waals surface area contributed by atoms with Gasteiger partial charge in [-0.3, -0.25) is 4.79 Å². The number of rotatable bonds is 3. The van der Waals surface area contributed by atoms with Gasteiger partial charge in [0, 0.05) is 4.88 Å². The molecule has 0 aliphatic rings. The van der Waals surface area contributed by atoms with Crippen LogP contribution in [0.2, 0.25) is 0 Å². The minimum Gasteiger partial charge on any atom is -0.481 e. The average Bonchev–Trinajstić information content (AvgIpc) is 2.34. The second kappa shape index (κ2) is 3.80. The van der Waals surface area contributed by atoms with Crippen molar-refractivity contribution in [3.63, 3.8) is 0 Å². The quantitative estimate of drug-likeness (QED) is 0.909. The standard InChI is InChI=1S/C9H11BrO2S/c1-9(2,8(11)12)5-6-3-4-7(10)13-6/h3-4H,5H2,1-2H3,(H,11,12). The molecule has 1 heterocycles. The molecule has 72 valence electrons. The van der Waals surface area contributed by atoms with Crippen LogP contribution in [0.4, 0.5) is 0 Å². The van der Waals surface area contributed by atoms with Gasteiger partial charge in [-0.1, -0.05) is 0 Å². The molecule has 0 saturated heterocycles. The van der Waals surface area contributed by atoms with Gasteiger partial charge in [-0.2, -0.15) is 0 Å². The molecule has 1 aromatic rings. The van der Waals surface area contributed by atoms with Gasteiger partial charge in [0.15, 0.2) is 0 Å². The van der Waals surface area contributed by atoms with Crippen molar-refractivity contribution in [3.05, 3.63) is 20.8 Å². The molecular formula is C9H11BrO2S. The van der Waals surface area contributed by atoms with Gasteiger partial charge in [-0.15, -0.1) is 11.3 Å². The fraction of sp³-hybridized carbons (Fsp3) is 0.444. The van der Waals surface area contributed by atoms with E-state index in [9.17, 15) is 4.79 Å². The zero-order valence-corrected chi connectivity index (χ0v) is 9.91. The average molecular weight is 263 g/mol. The van der Waals surface area contributed by atoms with Gasteiger partial charge in [-0.25, -0.2) is 0 Å². The van der Waals surface area contributed by atoms with E-state index in [0.717, 1.165) is 8.66 Å². The molecule has 0 aromatic carbocycles. The van der Waals surface area contributed by atoms with Crippen LogP contribution < -0.4 is 0 Å². The number of hydrogen-bond acceptors (Lipinski definition) is 2. The predicted molar refractivity (Wildman–Crippen MR) is 57.1 cm³/mol. The van der Waals surface area contributed by atoms with E-state index >= 15 is 0 Å². The maximum Gasteiger partial charge on any atom is 0.309 e. The van der Waals surface area contributed by atoms with Gasteiger partial charge < -0.3 is 5.11 Å². The summed E-state index contributed by atoms with van der Waals surface area (Å²) in [5, 5.41) is 8.90. The molecule has 1 N–H and O–H groups in total. The van der Waals surface area contributed by atoms with Crippen molar-refractivity contribution < 1.29 is 9.90 Å². The summed E-state index contributed by atoms with van der Waals surface area (Å²) in [5.74, 6) is -0.753. The molecule has 0 aliphatic heterocycles. The molecule has 1 rings (SSSR count). The Kier molecular flexibility index (Phi) is 3.14. The Morgan fingerprint density at radius 2 is 2.23 bits per heavy atom. The number of halogens is 1. The summed E-state index contributed by atoms with van der Waals surface area (Å²) in [7, 11) is 0. The number of hydrogen-bond donors (Lipinski definition) is 1. The Bertz CT molecular complexity index is 317. The van der Waals surface area contributed by atoms with Crippen LogP contribution in [-0.4, -0.2) is 11.1 Å². The molecule has 4 heteroatoms. The number of carbonyl (C=O) groups is 1. The van der Waals surface area contributed by atoms with E-state index in [2.05, 4.69) is 15.9 Å². The molecule has 0 amide bonds. The SMILES string of the molecule is CC(C)(Cc1ccc(Br)s1)C(=O)O. The summed E-state index contributed by atoms with van der Waals surface area (Å²) in [6.45, 7) is 3.48. The lowest BCUT2D eigenvalue weighted by Crippen LogP contribution is -2.25.